The maximum atomic E-state index is 11.5. The molecule has 3 N–H and O–H groups in total. The van der Waals surface area contributed by atoms with E-state index < -0.39 is 0 Å². The van der Waals surface area contributed by atoms with Crippen molar-refractivity contribution in [2.45, 2.75) is 51.6 Å². The van der Waals surface area contributed by atoms with Crippen molar-refractivity contribution in [3.8, 4) is 0 Å². The number of hydrogen-bond donors (Lipinski definition) is 3. The number of rotatable bonds is 7. The number of ether oxygens (including phenoxy) is 1. The molecule has 0 aromatic heterocycles. The number of carbonyl (C=O) groups is 1. The van der Waals surface area contributed by atoms with Gasteiger partial charge in [-0.2, -0.15) is 0 Å². The summed E-state index contributed by atoms with van der Waals surface area (Å²) in [5, 5.41) is 9.54. The van der Waals surface area contributed by atoms with Gasteiger partial charge in [-0.1, -0.05) is 0 Å². The predicted octanol–water partition coefficient (Wildman–Crippen LogP) is 1.85. The molecule has 0 heterocycles. The molecule has 2 saturated carbocycles. The van der Waals surface area contributed by atoms with Gasteiger partial charge in [-0.25, -0.2) is 4.79 Å². The van der Waals surface area contributed by atoms with Gasteiger partial charge in [0.15, 0.2) is 5.96 Å². The summed E-state index contributed by atoms with van der Waals surface area (Å²) in [5.74, 6) is 1.40. The lowest BCUT2D eigenvalue weighted by molar-refractivity contribution is 0.147. The summed E-state index contributed by atoms with van der Waals surface area (Å²) in [6.07, 6.45) is 4.44. The number of aliphatic imine (C=N–C) groups is 1. The molecule has 6 nitrogen and oxygen atoms in total. The SMILES string of the molecule is CCNC(=NCC(NC(=O)OCC)C1CC1)NC1CC1.I. The molecule has 2 rings (SSSR count). The monoisotopic (exact) mass is 410 g/mol. The van der Waals surface area contributed by atoms with Crippen LogP contribution in [0.25, 0.3) is 0 Å². The van der Waals surface area contributed by atoms with E-state index in [1.807, 2.05) is 6.92 Å². The summed E-state index contributed by atoms with van der Waals surface area (Å²) in [5.41, 5.74) is 0. The molecule has 122 valence electrons. The Morgan fingerprint density at radius 1 is 1.29 bits per heavy atom. The zero-order valence-corrected chi connectivity index (χ0v) is 15.2. The Labute approximate surface area is 143 Å². The van der Waals surface area contributed by atoms with Gasteiger partial charge in [-0.05, 0) is 45.4 Å². The summed E-state index contributed by atoms with van der Waals surface area (Å²) in [6.45, 7) is 5.72. The van der Waals surface area contributed by atoms with Crippen molar-refractivity contribution in [3.05, 3.63) is 0 Å². The third-order valence-electron chi connectivity index (χ3n) is 3.48. The van der Waals surface area contributed by atoms with E-state index in [1.54, 1.807) is 0 Å². The molecule has 21 heavy (non-hydrogen) atoms. The van der Waals surface area contributed by atoms with Gasteiger partial charge >= 0.3 is 6.09 Å². The number of amides is 1. The van der Waals surface area contributed by atoms with Crippen LogP contribution in [0.5, 0.6) is 0 Å². The fourth-order valence-electron chi connectivity index (χ4n) is 2.07. The Morgan fingerprint density at radius 3 is 2.52 bits per heavy atom. The van der Waals surface area contributed by atoms with Gasteiger partial charge in [-0.15, -0.1) is 24.0 Å². The van der Waals surface area contributed by atoms with Crippen LogP contribution in [0, 0.1) is 5.92 Å². The smallest absolute Gasteiger partial charge is 0.407 e. The molecule has 0 aromatic rings. The second-order valence-corrected chi connectivity index (χ2v) is 5.45. The number of nitrogens with one attached hydrogen (secondary N) is 3. The van der Waals surface area contributed by atoms with Crippen molar-refractivity contribution < 1.29 is 9.53 Å². The van der Waals surface area contributed by atoms with Crippen LogP contribution in [0.2, 0.25) is 0 Å². The standard InChI is InChI=1S/C14H26N4O2.HI/c1-3-15-13(17-11-7-8-11)16-9-12(10-5-6-10)18-14(19)20-4-2;/h10-12H,3-9H2,1-2H3,(H,18,19)(H2,15,16,17);1H. The Kier molecular flexibility index (Phi) is 8.13. The van der Waals surface area contributed by atoms with Gasteiger partial charge < -0.3 is 20.7 Å². The molecule has 1 atom stereocenters. The van der Waals surface area contributed by atoms with Crippen LogP contribution in [0.3, 0.4) is 0 Å². The van der Waals surface area contributed by atoms with Gasteiger partial charge in [0.2, 0.25) is 0 Å². The highest BCUT2D eigenvalue weighted by Gasteiger charge is 2.32. The van der Waals surface area contributed by atoms with Crippen molar-refractivity contribution in [2.75, 3.05) is 19.7 Å². The lowest BCUT2D eigenvalue weighted by Crippen LogP contribution is -2.42. The number of hydrogen-bond acceptors (Lipinski definition) is 3. The van der Waals surface area contributed by atoms with E-state index in [4.69, 9.17) is 4.74 Å². The van der Waals surface area contributed by atoms with E-state index in [0.29, 0.717) is 25.1 Å². The van der Waals surface area contributed by atoms with Gasteiger partial charge in [-0.3, -0.25) is 4.99 Å². The van der Waals surface area contributed by atoms with Crippen LogP contribution < -0.4 is 16.0 Å². The van der Waals surface area contributed by atoms with Gasteiger partial charge in [0, 0.05) is 12.6 Å². The Hall–Kier alpha value is -0.730. The average molecular weight is 410 g/mol. The van der Waals surface area contributed by atoms with Crippen molar-refractivity contribution >= 4 is 36.0 Å². The molecule has 2 aliphatic carbocycles. The summed E-state index contributed by atoms with van der Waals surface area (Å²) in [7, 11) is 0. The molecule has 1 unspecified atom stereocenters. The molecule has 2 fully saturated rings. The van der Waals surface area contributed by atoms with Gasteiger partial charge in [0.25, 0.3) is 0 Å². The minimum atomic E-state index is -0.334. The van der Waals surface area contributed by atoms with Gasteiger partial charge in [0.1, 0.15) is 0 Å². The third kappa shape index (κ3) is 7.19. The molecule has 0 saturated heterocycles. The van der Waals surface area contributed by atoms with E-state index >= 15 is 0 Å². The molecule has 0 radical (unpaired) electrons. The largest absolute Gasteiger partial charge is 0.450 e. The van der Waals surface area contributed by atoms with E-state index in [2.05, 4.69) is 27.9 Å². The molecule has 2 aliphatic rings. The molecule has 1 amide bonds. The summed E-state index contributed by atoms with van der Waals surface area (Å²) >= 11 is 0. The molecular formula is C14H27IN4O2. The summed E-state index contributed by atoms with van der Waals surface area (Å²) in [4.78, 5) is 16.1. The van der Waals surface area contributed by atoms with E-state index in [1.165, 1.54) is 25.7 Å². The van der Waals surface area contributed by atoms with Crippen LogP contribution in [-0.2, 0) is 4.74 Å². The molecule has 0 aliphatic heterocycles. The molecular weight excluding hydrogens is 383 g/mol. The van der Waals surface area contributed by atoms with Crippen LogP contribution in [0.4, 0.5) is 4.79 Å². The normalized spacial score (nSPS) is 19.2. The van der Waals surface area contributed by atoms with Crippen LogP contribution in [-0.4, -0.2) is 43.8 Å². The first kappa shape index (κ1) is 18.3. The quantitative estimate of drug-likeness (QED) is 0.340. The minimum absolute atomic E-state index is 0. The zero-order chi connectivity index (χ0) is 14.4. The number of alkyl carbamates (subject to hydrolysis) is 1. The fourth-order valence-corrected chi connectivity index (χ4v) is 2.07. The first-order valence-electron chi connectivity index (χ1n) is 7.71. The highest BCUT2D eigenvalue weighted by Crippen LogP contribution is 2.32. The first-order valence-corrected chi connectivity index (χ1v) is 7.71. The highest BCUT2D eigenvalue weighted by molar-refractivity contribution is 14.0. The number of nitrogens with zero attached hydrogens (tertiary/aromatic N) is 1. The van der Waals surface area contributed by atoms with Crippen LogP contribution in [0.1, 0.15) is 39.5 Å². The minimum Gasteiger partial charge on any atom is -0.450 e. The predicted molar refractivity (Wildman–Crippen MR) is 94.2 cm³/mol. The Balaban J connectivity index is 0.00000220. The first-order chi connectivity index (χ1) is 9.72. The Bertz CT molecular complexity index is 357. The number of carbonyl (C=O) groups excluding carboxylic acids is 1. The van der Waals surface area contributed by atoms with E-state index in [9.17, 15) is 4.79 Å². The number of guanidine groups is 1. The molecule has 0 bridgehead atoms. The van der Waals surface area contributed by atoms with Crippen molar-refractivity contribution in [3.63, 3.8) is 0 Å². The van der Waals surface area contributed by atoms with Crippen molar-refractivity contribution in [2.24, 2.45) is 10.9 Å². The maximum Gasteiger partial charge on any atom is 0.407 e. The average Bonchev–Trinajstić information content (AvgIpc) is 3.26. The molecule has 7 heteroatoms. The van der Waals surface area contributed by atoms with Gasteiger partial charge in [0.05, 0.1) is 19.2 Å². The topological polar surface area (TPSA) is 74.8 Å². The van der Waals surface area contributed by atoms with E-state index in [0.717, 1.165) is 12.5 Å². The van der Waals surface area contributed by atoms with Crippen LogP contribution in [0.15, 0.2) is 4.99 Å². The lowest BCUT2D eigenvalue weighted by Gasteiger charge is -2.17. The third-order valence-corrected chi connectivity index (χ3v) is 3.48. The highest BCUT2D eigenvalue weighted by atomic mass is 127. The van der Waals surface area contributed by atoms with Crippen LogP contribution >= 0.6 is 24.0 Å². The summed E-state index contributed by atoms with van der Waals surface area (Å²) in [6, 6.07) is 0.661. The zero-order valence-electron chi connectivity index (χ0n) is 12.9. The Morgan fingerprint density at radius 2 is 2.00 bits per heavy atom. The second-order valence-electron chi connectivity index (χ2n) is 5.45. The van der Waals surface area contributed by atoms with Crippen molar-refractivity contribution in [1.29, 1.82) is 0 Å². The summed E-state index contributed by atoms with van der Waals surface area (Å²) < 4.78 is 4.95. The fraction of sp³-hybridized carbons (Fsp3) is 0.857. The molecule has 0 spiro atoms. The molecule has 0 aromatic carbocycles. The maximum absolute atomic E-state index is 11.5. The van der Waals surface area contributed by atoms with Crippen molar-refractivity contribution in [1.82, 2.24) is 16.0 Å². The second kappa shape index (κ2) is 9.32. The number of halogens is 1. The van der Waals surface area contributed by atoms with E-state index in [-0.39, 0.29) is 36.1 Å². The lowest BCUT2D eigenvalue weighted by atomic mass is 10.2.